The molecule has 2 saturated carbocycles. The third-order valence-corrected chi connectivity index (χ3v) is 6.76. The van der Waals surface area contributed by atoms with E-state index in [4.69, 9.17) is 7.70 Å². The monoisotopic (exact) mass is 445 g/mol. The van der Waals surface area contributed by atoms with Crippen LogP contribution in [0.3, 0.4) is 0 Å². The van der Waals surface area contributed by atoms with Gasteiger partial charge in [0.1, 0.15) is 0 Å². The molecule has 4 N–H and O–H groups in total. The van der Waals surface area contributed by atoms with Gasteiger partial charge in [-0.05, 0) is 0 Å². The first-order valence-corrected chi connectivity index (χ1v) is 11.4. The summed E-state index contributed by atoms with van der Waals surface area (Å²) in [5.41, 5.74) is 2.71. The fraction of sp³-hybridized carbons (Fsp3) is 0.500. The van der Waals surface area contributed by atoms with E-state index in [0.717, 1.165) is 11.5 Å². The predicted octanol–water partition coefficient (Wildman–Crippen LogP) is 5.50. The summed E-state index contributed by atoms with van der Waals surface area (Å²) in [6.07, 6.45) is 13.2. The third-order valence-electron chi connectivity index (χ3n) is 6.13. The van der Waals surface area contributed by atoms with Crippen molar-refractivity contribution < 1.29 is 34.0 Å². The molecule has 2 aromatic carbocycles. The predicted molar refractivity (Wildman–Crippen MR) is 113 cm³/mol. The molecule has 29 heavy (non-hydrogen) atoms. The fourth-order valence-corrected chi connectivity index (χ4v) is 5.28. The van der Waals surface area contributed by atoms with Crippen LogP contribution >= 0.6 is 0 Å². The van der Waals surface area contributed by atoms with Gasteiger partial charge in [0, 0.05) is 0 Å². The second kappa shape index (κ2) is 12.2. The van der Waals surface area contributed by atoms with E-state index in [2.05, 4.69) is 48.5 Å². The molecule has 0 unspecified atom stereocenters. The Labute approximate surface area is 181 Å². The first kappa shape index (κ1) is 23.7. The van der Waals surface area contributed by atoms with E-state index in [-0.39, 0.29) is 11.0 Å². The van der Waals surface area contributed by atoms with Gasteiger partial charge in [0.2, 0.25) is 0 Å². The number of benzene rings is 2. The summed E-state index contributed by atoms with van der Waals surface area (Å²) in [5.74, 6) is 3.25. The van der Waals surface area contributed by atoms with Crippen LogP contribution in [0.1, 0.15) is 87.2 Å². The van der Waals surface area contributed by atoms with Gasteiger partial charge >= 0.3 is 170 Å². The summed E-state index contributed by atoms with van der Waals surface area (Å²) in [4.78, 5) is 0. The number of hydrogen-bond donors (Lipinski definition) is 0. The molecule has 0 heterocycles. The molecule has 0 aromatic heterocycles. The summed E-state index contributed by atoms with van der Waals surface area (Å²) < 4.78 is 12.2. The van der Waals surface area contributed by atoms with Crippen molar-refractivity contribution in [1.82, 2.24) is 0 Å². The Morgan fingerprint density at radius 3 is 1.34 bits per heavy atom. The molecule has 0 atom stereocenters. The van der Waals surface area contributed by atoms with Crippen LogP contribution in [0, 0.1) is 0 Å². The van der Waals surface area contributed by atoms with Crippen LogP contribution in [0.15, 0.2) is 48.5 Å². The standard InChI is InChI=1S/2C12H16O.Co.2H2O/c2*13-12-9-5-4-8-11(12)10-6-2-1-3-7-10;;;/h2*4-5,8-10,13H,1-3,6-7H2;;2*1H2/q;;+2;;/p-2. The van der Waals surface area contributed by atoms with Crippen LogP contribution in [0.4, 0.5) is 0 Å². The summed E-state index contributed by atoms with van der Waals surface area (Å²) in [7, 11) is 0. The molecule has 2 aromatic rings. The van der Waals surface area contributed by atoms with Crippen molar-refractivity contribution in [3.05, 3.63) is 59.7 Å². The molecule has 0 radical (unpaired) electrons. The van der Waals surface area contributed by atoms with Crippen LogP contribution in [-0.2, 0) is 15.3 Å². The molecular formula is C24H34CoO4. The molecule has 2 aliphatic carbocycles. The SMILES string of the molecule is O.O.c1ccc(C2CCCCC2)c([O][Co][O]c2ccccc2C2CCCCC2)c1. The van der Waals surface area contributed by atoms with Crippen molar-refractivity contribution >= 4 is 0 Å². The summed E-state index contributed by atoms with van der Waals surface area (Å²) >= 11 is 0.597. The zero-order chi connectivity index (χ0) is 18.3. The Morgan fingerprint density at radius 1 is 0.552 bits per heavy atom. The van der Waals surface area contributed by atoms with Crippen molar-refractivity contribution in [2.75, 3.05) is 0 Å². The van der Waals surface area contributed by atoms with E-state index in [1.165, 1.54) is 75.3 Å². The van der Waals surface area contributed by atoms with E-state index in [1.54, 1.807) is 0 Å². The Bertz CT molecular complexity index is 663. The minimum absolute atomic E-state index is 0. The van der Waals surface area contributed by atoms with E-state index in [9.17, 15) is 0 Å². The second-order valence-electron chi connectivity index (χ2n) is 7.94. The molecule has 0 spiro atoms. The van der Waals surface area contributed by atoms with Crippen LogP contribution in [0.5, 0.6) is 11.5 Å². The molecule has 0 bridgehead atoms. The third kappa shape index (κ3) is 6.22. The van der Waals surface area contributed by atoms with Crippen LogP contribution < -0.4 is 7.70 Å². The fourth-order valence-electron chi connectivity index (χ4n) is 4.66. The zero-order valence-corrected chi connectivity index (χ0v) is 18.0. The summed E-state index contributed by atoms with van der Waals surface area (Å²) in [5, 5.41) is 0. The van der Waals surface area contributed by atoms with E-state index in [1.807, 2.05) is 0 Å². The maximum absolute atomic E-state index is 6.08. The summed E-state index contributed by atoms with van der Waals surface area (Å²) in [6, 6.07) is 17.0. The molecule has 4 rings (SSSR count). The Hall–Kier alpha value is -1.53. The molecule has 5 heteroatoms. The van der Waals surface area contributed by atoms with Gasteiger partial charge in [0.15, 0.2) is 0 Å². The topological polar surface area (TPSA) is 81.5 Å². The first-order chi connectivity index (χ1) is 13.4. The van der Waals surface area contributed by atoms with Crippen molar-refractivity contribution in [1.29, 1.82) is 0 Å². The average Bonchev–Trinajstić information content (AvgIpc) is 2.76. The molecule has 2 fully saturated rings. The molecule has 0 saturated heterocycles. The van der Waals surface area contributed by atoms with Crippen molar-refractivity contribution in [3.63, 3.8) is 0 Å². The van der Waals surface area contributed by atoms with Gasteiger partial charge in [-0.3, -0.25) is 0 Å². The molecule has 163 valence electrons. The Morgan fingerprint density at radius 2 is 0.931 bits per heavy atom. The number of para-hydroxylation sites is 2. The van der Waals surface area contributed by atoms with Gasteiger partial charge in [0.05, 0.1) is 0 Å². The van der Waals surface area contributed by atoms with Gasteiger partial charge in [-0.25, -0.2) is 0 Å². The maximum atomic E-state index is 6.08. The zero-order valence-electron chi connectivity index (χ0n) is 17.0. The molecule has 2 aliphatic rings. The molecule has 4 nitrogen and oxygen atoms in total. The molecular weight excluding hydrogens is 411 g/mol. The minimum atomic E-state index is 0. The Balaban J connectivity index is 0.00000150. The van der Waals surface area contributed by atoms with Crippen LogP contribution in [0.2, 0.25) is 0 Å². The Kier molecular flexibility index (Phi) is 10.0. The van der Waals surface area contributed by atoms with E-state index < -0.39 is 0 Å². The second-order valence-corrected chi connectivity index (χ2v) is 8.54. The van der Waals surface area contributed by atoms with Gasteiger partial charge in [0.25, 0.3) is 0 Å². The van der Waals surface area contributed by atoms with Gasteiger partial charge in [-0.15, -0.1) is 0 Å². The normalized spacial score (nSPS) is 17.8. The van der Waals surface area contributed by atoms with Gasteiger partial charge in [-0.2, -0.15) is 0 Å². The van der Waals surface area contributed by atoms with E-state index >= 15 is 0 Å². The first-order valence-electron chi connectivity index (χ1n) is 10.5. The summed E-state index contributed by atoms with van der Waals surface area (Å²) in [6.45, 7) is 0. The number of rotatable bonds is 6. The van der Waals surface area contributed by atoms with Crippen molar-refractivity contribution in [3.8, 4) is 11.5 Å². The van der Waals surface area contributed by atoms with Crippen molar-refractivity contribution in [2.24, 2.45) is 0 Å². The van der Waals surface area contributed by atoms with Crippen LogP contribution in [-0.4, -0.2) is 11.0 Å². The molecule has 0 amide bonds. The quantitative estimate of drug-likeness (QED) is 0.588. The van der Waals surface area contributed by atoms with Crippen LogP contribution in [0.25, 0.3) is 0 Å². The number of hydrogen-bond acceptors (Lipinski definition) is 2. The average molecular weight is 445 g/mol. The molecule has 0 aliphatic heterocycles. The van der Waals surface area contributed by atoms with E-state index in [0.29, 0.717) is 27.2 Å². The van der Waals surface area contributed by atoms with Crippen molar-refractivity contribution in [2.45, 2.75) is 76.0 Å². The van der Waals surface area contributed by atoms with Gasteiger partial charge in [-0.1, -0.05) is 0 Å². The van der Waals surface area contributed by atoms with Gasteiger partial charge < -0.3 is 11.0 Å².